The Morgan fingerprint density at radius 1 is 0.894 bits per heavy atom. The number of pyridine rings is 1. The summed E-state index contributed by atoms with van der Waals surface area (Å²) < 4.78 is 6.45. The molecule has 253 valence electrons. The number of carbonyl (C=O) groups excluding carboxylic acids is 1. The van der Waals surface area contributed by atoms with Crippen LogP contribution in [0, 0.1) is 17.9 Å². The van der Waals surface area contributed by atoms with Crippen LogP contribution in [0.15, 0.2) is 77.0 Å². The number of ketones is 1. The van der Waals surface area contributed by atoms with E-state index in [9.17, 15) is 9.90 Å². The molecule has 2 heterocycles. The molecule has 4 nitrogen and oxygen atoms in total. The Kier molecular flexibility index (Phi) is 13.0. The number of hydrogen-bond donors (Lipinski definition) is 1. The fourth-order valence-corrected chi connectivity index (χ4v) is 7.27. The minimum Gasteiger partial charge on any atom is -0.512 e. The van der Waals surface area contributed by atoms with Crippen molar-refractivity contribution in [3.63, 3.8) is 0 Å². The molecule has 0 aliphatic heterocycles. The van der Waals surface area contributed by atoms with E-state index in [-0.39, 0.29) is 48.9 Å². The molecule has 0 saturated carbocycles. The zero-order chi connectivity index (χ0) is 33.8. The van der Waals surface area contributed by atoms with Crippen LogP contribution in [-0.2, 0) is 30.3 Å². The van der Waals surface area contributed by atoms with Gasteiger partial charge < -0.3 is 9.52 Å². The van der Waals surface area contributed by atoms with E-state index in [0.717, 1.165) is 64.3 Å². The fourth-order valence-electron chi connectivity index (χ4n) is 6.12. The van der Waals surface area contributed by atoms with Gasteiger partial charge in [0.25, 0.3) is 0 Å². The maximum atomic E-state index is 11.7. The molecule has 5 aromatic rings. The first-order chi connectivity index (χ1) is 21.7. The molecule has 0 fully saturated rings. The van der Waals surface area contributed by atoms with Gasteiger partial charge in [0.2, 0.25) is 0 Å². The zero-order valence-electron chi connectivity index (χ0n) is 29.9. The summed E-state index contributed by atoms with van der Waals surface area (Å²) in [7, 11) is -1.42. The molecule has 0 unspecified atom stereocenters. The topological polar surface area (TPSA) is 63.3 Å². The first-order valence-corrected chi connectivity index (χ1v) is 20.4. The number of nitrogens with zero attached hydrogens (tertiary/aromatic N) is 1. The van der Waals surface area contributed by atoms with Crippen molar-refractivity contribution in [2.75, 3.05) is 0 Å². The second-order valence-electron chi connectivity index (χ2n) is 14.5. The van der Waals surface area contributed by atoms with E-state index in [2.05, 4.69) is 101 Å². The summed E-state index contributed by atoms with van der Waals surface area (Å²) in [4.78, 5) is 16.5. The Balaban J connectivity index is 0.000000322. The standard InChI is InChI=1S/C28H28NOSi.C13H24O2.Ir/c1-28(2,3)24-16-19(15-18-9-7-8-10-21(18)24)26-27-23(13-14-29-26)22-12-11-20(31(4,5)6)17-25(22)30-27;1-5-10(6-2)12(14)9-13(15)11(7-3)8-4;/h7-14,16-17H,1-6H3;9-11,14H,5-8H2,1-4H3;/q-1;;/b;12-9-;. The number of aliphatic hydroxyl groups excluding tert-OH is 1. The quantitative estimate of drug-likeness (QED) is 0.0696. The number of furan rings is 1. The Bertz CT molecular complexity index is 1850. The van der Waals surface area contributed by atoms with Crippen LogP contribution in [0.1, 0.15) is 79.7 Å². The largest absolute Gasteiger partial charge is 0.512 e. The van der Waals surface area contributed by atoms with Crippen LogP contribution in [0.5, 0.6) is 0 Å². The zero-order valence-corrected chi connectivity index (χ0v) is 33.3. The van der Waals surface area contributed by atoms with Gasteiger partial charge in [-0.2, -0.15) is 0 Å². The summed E-state index contributed by atoms with van der Waals surface area (Å²) >= 11 is 0. The van der Waals surface area contributed by atoms with Crippen LogP contribution >= 0.6 is 0 Å². The molecule has 0 atom stereocenters. The number of aromatic nitrogens is 1. The van der Waals surface area contributed by atoms with Gasteiger partial charge in [0.15, 0.2) is 5.78 Å². The SMILES string of the molecule is CC(C)(C)c1cc(-c2nccc3c2oc2cc([Si](C)(C)C)ccc23)[c-]c2ccccc12.CCC(CC)C(=O)/C=C(\O)C(CC)CC.[Ir]. The predicted octanol–water partition coefficient (Wildman–Crippen LogP) is 11.3. The molecule has 3 aromatic carbocycles. The molecule has 0 saturated heterocycles. The normalized spacial score (nSPS) is 12.5. The Morgan fingerprint density at radius 2 is 1.53 bits per heavy atom. The van der Waals surface area contributed by atoms with Gasteiger partial charge >= 0.3 is 0 Å². The van der Waals surface area contributed by atoms with E-state index >= 15 is 0 Å². The van der Waals surface area contributed by atoms with Crippen molar-refractivity contribution < 1.29 is 34.4 Å². The third-order valence-electron chi connectivity index (χ3n) is 9.17. The number of aliphatic hydroxyl groups is 1. The molecule has 1 radical (unpaired) electrons. The molecule has 0 aliphatic rings. The summed E-state index contributed by atoms with van der Waals surface area (Å²) in [6.45, 7) is 21.9. The summed E-state index contributed by atoms with van der Waals surface area (Å²) in [6, 6.07) is 23.1. The van der Waals surface area contributed by atoms with Crippen molar-refractivity contribution in [2.45, 2.75) is 99.2 Å². The summed E-state index contributed by atoms with van der Waals surface area (Å²) in [5, 5.41) is 15.8. The number of carbonyl (C=O) groups is 1. The average Bonchev–Trinajstić information content (AvgIpc) is 3.39. The van der Waals surface area contributed by atoms with Crippen LogP contribution in [0.3, 0.4) is 0 Å². The van der Waals surface area contributed by atoms with Gasteiger partial charge in [-0.1, -0.05) is 115 Å². The smallest absolute Gasteiger partial charge is 0.162 e. The van der Waals surface area contributed by atoms with E-state index < -0.39 is 8.07 Å². The van der Waals surface area contributed by atoms with E-state index in [1.54, 1.807) is 0 Å². The van der Waals surface area contributed by atoms with Gasteiger partial charge in [-0.05, 0) is 43.2 Å². The number of rotatable bonds is 9. The van der Waals surface area contributed by atoms with Crippen molar-refractivity contribution in [3.8, 4) is 11.3 Å². The van der Waals surface area contributed by atoms with Gasteiger partial charge in [0.05, 0.1) is 13.8 Å². The van der Waals surface area contributed by atoms with Crippen molar-refractivity contribution in [2.24, 2.45) is 11.8 Å². The Hall–Kier alpha value is -3.05. The fraction of sp³-hybridized carbons (Fsp3) is 0.415. The molecule has 0 amide bonds. The monoisotopic (exact) mass is 827 g/mol. The van der Waals surface area contributed by atoms with Gasteiger partial charge in [0.1, 0.15) is 11.2 Å². The number of benzene rings is 3. The van der Waals surface area contributed by atoms with Gasteiger partial charge in [-0.25, -0.2) is 0 Å². The van der Waals surface area contributed by atoms with Crippen LogP contribution < -0.4 is 5.19 Å². The van der Waals surface area contributed by atoms with Crippen LogP contribution in [-0.4, -0.2) is 23.9 Å². The average molecular weight is 827 g/mol. The maximum Gasteiger partial charge on any atom is 0.162 e. The van der Waals surface area contributed by atoms with Crippen molar-refractivity contribution in [1.29, 1.82) is 0 Å². The van der Waals surface area contributed by atoms with Gasteiger partial charge in [-0.3, -0.25) is 9.78 Å². The van der Waals surface area contributed by atoms with Gasteiger partial charge in [0, 0.05) is 60.7 Å². The Labute approximate surface area is 296 Å². The minimum absolute atomic E-state index is 0. The maximum absolute atomic E-state index is 11.7. The first kappa shape index (κ1) is 38.4. The van der Waals surface area contributed by atoms with E-state index in [1.165, 1.54) is 22.2 Å². The Morgan fingerprint density at radius 3 is 2.13 bits per heavy atom. The molecule has 5 rings (SSSR count). The number of allylic oxidation sites excluding steroid dienone is 2. The molecule has 0 aliphatic carbocycles. The second kappa shape index (κ2) is 15.9. The molecular weight excluding hydrogens is 775 g/mol. The molecular formula is C41H52IrNO3Si-. The summed E-state index contributed by atoms with van der Waals surface area (Å²) in [5.41, 5.74) is 4.95. The molecule has 6 heteroatoms. The molecule has 0 bridgehead atoms. The van der Waals surface area contributed by atoms with E-state index in [4.69, 9.17) is 9.40 Å². The third-order valence-corrected chi connectivity index (χ3v) is 11.2. The number of fused-ring (bicyclic) bond motifs is 4. The van der Waals surface area contributed by atoms with Crippen LogP contribution in [0.4, 0.5) is 0 Å². The third kappa shape index (κ3) is 8.71. The first-order valence-electron chi connectivity index (χ1n) is 16.9. The van der Waals surface area contributed by atoms with E-state index in [1.807, 2.05) is 33.9 Å². The minimum atomic E-state index is -1.42. The molecule has 1 N–H and O–H groups in total. The molecule has 47 heavy (non-hydrogen) atoms. The summed E-state index contributed by atoms with van der Waals surface area (Å²) in [5.74, 6) is 0.547. The number of hydrogen-bond acceptors (Lipinski definition) is 4. The van der Waals surface area contributed by atoms with Crippen molar-refractivity contribution >= 4 is 51.8 Å². The van der Waals surface area contributed by atoms with Crippen molar-refractivity contribution in [3.05, 3.63) is 84.3 Å². The molecule has 0 spiro atoms. The predicted molar refractivity (Wildman–Crippen MR) is 199 cm³/mol. The summed E-state index contributed by atoms with van der Waals surface area (Å²) in [6.07, 6.45) is 6.79. The van der Waals surface area contributed by atoms with Crippen molar-refractivity contribution in [1.82, 2.24) is 4.98 Å². The van der Waals surface area contributed by atoms with E-state index in [0.29, 0.717) is 0 Å². The molecule has 2 aromatic heterocycles. The van der Waals surface area contributed by atoms with Crippen LogP contribution in [0.2, 0.25) is 19.6 Å². The van der Waals surface area contributed by atoms with Gasteiger partial charge in [-0.15, -0.1) is 29.1 Å². The second-order valence-corrected chi connectivity index (χ2v) is 19.6. The van der Waals surface area contributed by atoms with Crippen LogP contribution in [0.25, 0.3) is 44.0 Å².